The molecule has 4 aromatic rings. The van der Waals surface area contributed by atoms with Crippen LogP contribution in [0.1, 0.15) is 18.1 Å². The molecular weight excluding hydrogens is 412 g/mol. The molecule has 2 heterocycles. The molecule has 4 rings (SSSR count). The predicted octanol–water partition coefficient (Wildman–Crippen LogP) is 4.38. The van der Waals surface area contributed by atoms with Gasteiger partial charge >= 0.3 is 0 Å². The van der Waals surface area contributed by atoms with Crippen molar-refractivity contribution in [2.45, 2.75) is 25.7 Å². The molecule has 0 aliphatic carbocycles. The largest absolute Gasteiger partial charge is 0.326 e. The van der Waals surface area contributed by atoms with Gasteiger partial charge in [-0.2, -0.15) is 0 Å². The summed E-state index contributed by atoms with van der Waals surface area (Å²) in [5.41, 5.74) is 5.00. The maximum Gasteiger partial charge on any atom is 0.262 e. The van der Waals surface area contributed by atoms with Crippen molar-refractivity contribution in [1.82, 2.24) is 9.38 Å². The number of rotatable bonds is 5. The summed E-state index contributed by atoms with van der Waals surface area (Å²) in [4.78, 5) is 16.0. The fourth-order valence-electron chi connectivity index (χ4n) is 3.48. The topological polar surface area (TPSA) is 92.6 Å². The number of nitrogens with one attached hydrogen (secondary N) is 2. The molecular formula is C23H22N4O3S. The molecule has 7 nitrogen and oxygen atoms in total. The van der Waals surface area contributed by atoms with Crippen LogP contribution < -0.4 is 10.0 Å². The van der Waals surface area contributed by atoms with Crippen molar-refractivity contribution in [3.63, 3.8) is 0 Å². The lowest BCUT2D eigenvalue weighted by Crippen LogP contribution is -2.15. The summed E-state index contributed by atoms with van der Waals surface area (Å²) in [6.45, 7) is 5.09. The average molecular weight is 435 g/mol. The lowest BCUT2D eigenvalue weighted by Gasteiger charge is -2.12. The van der Waals surface area contributed by atoms with Crippen molar-refractivity contribution in [2.24, 2.45) is 0 Å². The van der Waals surface area contributed by atoms with Crippen LogP contribution in [0, 0.1) is 13.8 Å². The van der Waals surface area contributed by atoms with E-state index in [1.54, 1.807) is 37.3 Å². The van der Waals surface area contributed by atoms with E-state index < -0.39 is 10.0 Å². The summed E-state index contributed by atoms with van der Waals surface area (Å²) < 4.78 is 30.5. The number of fused-ring (bicyclic) bond motifs is 1. The molecule has 0 radical (unpaired) electrons. The Bertz CT molecular complexity index is 1410. The van der Waals surface area contributed by atoms with Gasteiger partial charge in [-0.25, -0.2) is 13.4 Å². The van der Waals surface area contributed by atoms with Crippen LogP contribution in [-0.4, -0.2) is 23.7 Å². The summed E-state index contributed by atoms with van der Waals surface area (Å²) in [5, 5.41) is 2.65. The van der Waals surface area contributed by atoms with Crippen LogP contribution in [0.5, 0.6) is 0 Å². The van der Waals surface area contributed by atoms with Gasteiger partial charge in [-0.15, -0.1) is 0 Å². The number of nitrogens with zero attached hydrogens (tertiary/aromatic N) is 2. The molecule has 8 heteroatoms. The normalized spacial score (nSPS) is 11.5. The second kappa shape index (κ2) is 7.88. The van der Waals surface area contributed by atoms with Gasteiger partial charge in [0, 0.05) is 36.3 Å². The van der Waals surface area contributed by atoms with Crippen LogP contribution in [0.15, 0.2) is 71.9 Å². The van der Waals surface area contributed by atoms with E-state index in [0.29, 0.717) is 16.9 Å². The average Bonchev–Trinajstić information content (AvgIpc) is 3.13. The summed E-state index contributed by atoms with van der Waals surface area (Å²) >= 11 is 0. The fourth-order valence-corrected chi connectivity index (χ4v) is 4.75. The highest BCUT2D eigenvalue weighted by molar-refractivity contribution is 7.92. The molecule has 0 aliphatic heterocycles. The highest BCUT2D eigenvalue weighted by atomic mass is 32.2. The first-order valence-electron chi connectivity index (χ1n) is 9.69. The summed E-state index contributed by atoms with van der Waals surface area (Å²) in [5.74, 6) is -0.216. The van der Waals surface area contributed by atoms with Crippen molar-refractivity contribution < 1.29 is 13.2 Å². The minimum absolute atomic E-state index is 0.148. The van der Waals surface area contributed by atoms with E-state index >= 15 is 0 Å². The van der Waals surface area contributed by atoms with E-state index in [0.717, 1.165) is 22.5 Å². The lowest BCUT2D eigenvalue weighted by atomic mass is 10.1. The highest BCUT2D eigenvalue weighted by Crippen LogP contribution is 2.26. The second-order valence-corrected chi connectivity index (χ2v) is 9.05. The van der Waals surface area contributed by atoms with Crippen LogP contribution in [0.4, 0.5) is 11.4 Å². The van der Waals surface area contributed by atoms with Crippen molar-refractivity contribution in [3.8, 4) is 11.3 Å². The minimum Gasteiger partial charge on any atom is -0.326 e. The Hall–Kier alpha value is -3.65. The molecule has 0 aliphatic rings. The SMILES string of the molecule is CC(=O)Nc1ccc(S(=O)(=O)Nc2cccc(-c3cn4cccc(C)c4n3)c2)c(C)c1. The van der Waals surface area contributed by atoms with Gasteiger partial charge in [0.1, 0.15) is 5.65 Å². The highest BCUT2D eigenvalue weighted by Gasteiger charge is 2.18. The molecule has 0 bridgehead atoms. The van der Waals surface area contributed by atoms with E-state index in [4.69, 9.17) is 0 Å². The first kappa shape index (κ1) is 20.6. The third-order valence-electron chi connectivity index (χ3n) is 4.87. The van der Waals surface area contributed by atoms with E-state index in [9.17, 15) is 13.2 Å². The Morgan fingerprint density at radius 3 is 2.48 bits per heavy atom. The number of aromatic nitrogens is 2. The molecule has 2 N–H and O–H groups in total. The van der Waals surface area contributed by atoms with Crippen LogP contribution in [0.3, 0.4) is 0 Å². The molecule has 0 saturated heterocycles. The Kier molecular flexibility index (Phi) is 5.24. The number of hydrogen-bond acceptors (Lipinski definition) is 4. The standard InChI is InChI=1S/C23H22N4O3S/c1-15-6-5-11-27-14-21(25-23(15)27)18-7-4-8-20(13-18)26-31(29,30)22-10-9-19(12-16(22)2)24-17(3)28/h4-14,26H,1-3H3,(H,24,28). The van der Waals surface area contributed by atoms with Gasteiger partial charge in [-0.1, -0.05) is 18.2 Å². The predicted molar refractivity (Wildman–Crippen MR) is 122 cm³/mol. The Labute approximate surface area is 180 Å². The number of amides is 1. The van der Waals surface area contributed by atoms with Crippen molar-refractivity contribution in [2.75, 3.05) is 10.0 Å². The number of sulfonamides is 1. The summed E-state index contributed by atoms with van der Waals surface area (Å²) in [7, 11) is -3.81. The third-order valence-corrected chi connectivity index (χ3v) is 6.41. The Morgan fingerprint density at radius 2 is 1.77 bits per heavy atom. The molecule has 0 unspecified atom stereocenters. The quantitative estimate of drug-likeness (QED) is 0.488. The maximum atomic E-state index is 13.0. The number of carbonyl (C=O) groups is 1. The van der Waals surface area contributed by atoms with Crippen LogP contribution in [-0.2, 0) is 14.8 Å². The molecule has 0 spiro atoms. The van der Waals surface area contributed by atoms with Crippen molar-refractivity contribution >= 4 is 33.0 Å². The molecule has 0 fully saturated rings. The van der Waals surface area contributed by atoms with Gasteiger partial charge in [0.25, 0.3) is 10.0 Å². The Morgan fingerprint density at radius 1 is 0.968 bits per heavy atom. The molecule has 158 valence electrons. The summed E-state index contributed by atoms with van der Waals surface area (Å²) in [6, 6.07) is 15.8. The maximum absolute atomic E-state index is 13.0. The number of anilines is 2. The smallest absolute Gasteiger partial charge is 0.262 e. The Balaban J connectivity index is 1.63. The second-order valence-electron chi connectivity index (χ2n) is 7.40. The zero-order valence-corrected chi connectivity index (χ0v) is 18.2. The lowest BCUT2D eigenvalue weighted by molar-refractivity contribution is -0.114. The number of carbonyl (C=O) groups excluding carboxylic acids is 1. The zero-order chi connectivity index (χ0) is 22.2. The van der Waals surface area contributed by atoms with Gasteiger partial charge in [-0.05, 0) is 61.4 Å². The van der Waals surface area contributed by atoms with Crippen LogP contribution in [0.25, 0.3) is 16.9 Å². The number of hydrogen-bond donors (Lipinski definition) is 2. The number of aryl methyl sites for hydroxylation is 2. The molecule has 2 aromatic carbocycles. The molecule has 0 atom stereocenters. The van der Waals surface area contributed by atoms with Crippen LogP contribution >= 0.6 is 0 Å². The third kappa shape index (κ3) is 4.29. The van der Waals surface area contributed by atoms with Gasteiger partial charge in [0.2, 0.25) is 5.91 Å². The number of imidazole rings is 1. The van der Waals surface area contributed by atoms with Crippen LogP contribution in [0.2, 0.25) is 0 Å². The van der Waals surface area contributed by atoms with E-state index in [2.05, 4.69) is 15.0 Å². The molecule has 31 heavy (non-hydrogen) atoms. The number of benzene rings is 2. The van der Waals surface area contributed by atoms with Crippen molar-refractivity contribution in [3.05, 3.63) is 78.1 Å². The first-order chi connectivity index (χ1) is 14.7. The summed E-state index contributed by atoms with van der Waals surface area (Å²) in [6.07, 6.45) is 3.85. The van der Waals surface area contributed by atoms with Crippen molar-refractivity contribution in [1.29, 1.82) is 0 Å². The van der Waals surface area contributed by atoms with E-state index in [1.165, 1.54) is 13.0 Å². The van der Waals surface area contributed by atoms with E-state index in [-0.39, 0.29) is 10.8 Å². The monoisotopic (exact) mass is 434 g/mol. The van der Waals surface area contributed by atoms with Gasteiger partial charge in [0.05, 0.1) is 10.6 Å². The fraction of sp³-hybridized carbons (Fsp3) is 0.130. The van der Waals surface area contributed by atoms with Gasteiger partial charge in [0.15, 0.2) is 0 Å². The molecule has 0 saturated carbocycles. The number of pyridine rings is 1. The van der Waals surface area contributed by atoms with Gasteiger partial charge < -0.3 is 9.72 Å². The first-order valence-corrected chi connectivity index (χ1v) is 11.2. The molecule has 2 aromatic heterocycles. The molecule has 1 amide bonds. The zero-order valence-electron chi connectivity index (χ0n) is 17.4. The minimum atomic E-state index is -3.81. The van der Waals surface area contributed by atoms with Gasteiger partial charge in [-0.3, -0.25) is 9.52 Å². The van der Waals surface area contributed by atoms with E-state index in [1.807, 2.05) is 41.9 Å².